The van der Waals surface area contributed by atoms with Crippen molar-refractivity contribution in [2.24, 2.45) is 0 Å². The summed E-state index contributed by atoms with van der Waals surface area (Å²) in [6.45, 7) is 10.5. The van der Waals surface area contributed by atoms with Gasteiger partial charge in [0.25, 0.3) is 0 Å². The van der Waals surface area contributed by atoms with Gasteiger partial charge in [0.15, 0.2) is 5.78 Å². The number of fused-ring (bicyclic) bond motifs is 1. The van der Waals surface area contributed by atoms with Crippen LogP contribution in [-0.2, 0) is 4.74 Å². The van der Waals surface area contributed by atoms with Crippen LogP contribution in [0.15, 0.2) is 41.9 Å². The van der Waals surface area contributed by atoms with E-state index < -0.39 is 0 Å². The molecule has 2 heterocycles. The molecule has 0 radical (unpaired) electrons. The van der Waals surface area contributed by atoms with E-state index in [2.05, 4.69) is 63.2 Å². The number of pyridine rings is 1. The molecule has 0 aliphatic carbocycles. The molecular weight excluding hydrogens is 422 g/mol. The van der Waals surface area contributed by atoms with E-state index in [1.54, 1.807) is 7.11 Å². The minimum absolute atomic E-state index is 0.164. The highest BCUT2D eigenvalue weighted by atomic mass is 16.5. The third-order valence-corrected chi connectivity index (χ3v) is 6.54. The summed E-state index contributed by atoms with van der Waals surface area (Å²) in [7, 11) is 3.80. The number of benzene rings is 1. The zero-order valence-electron chi connectivity index (χ0n) is 21.8. The molecule has 1 aromatic heterocycles. The number of nitrogens with zero attached hydrogens (tertiary/aromatic N) is 2. The van der Waals surface area contributed by atoms with Crippen molar-refractivity contribution in [3.8, 4) is 0 Å². The van der Waals surface area contributed by atoms with Crippen molar-refractivity contribution >= 4 is 22.7 Å². The molecule has 0 amide bonds. The zero-order valence-corrected chi connectivity index (χ0v) is 21.8. The van der Waals surface area contributed by atoms with Crippen molar-refractivity contribution in [3.63, 3.8) is 0 Å². The molecule has 0 unspecified atom stereocenters. The molecule has 0 saturated heterocycles. The number of rotatable bonds is 10. The largest absolute Gasteiger partial charge is 0.501 e. The standard InChI is InChI=1S/C29H39N3O2/c1-8-12-28(34-7)23(9-2)24-18-22(17-21(5)30-24)27(33)13-10-11-14-29-31-25-15-19(3)20(4)16-26(25)32(29)6/h14-18,31H,8-13H2,1-7H3/b28-23-,29-14-. The quantitative estimate of drug-likeness (QED) is 0.228. The lowest BCUT2D eigenvalue weighted by Crippen LogP contribution is -2.14. The maximum atomic E-state index is 13.0. The van der Waals surface area contributed by atoms with E-state index in [1.807, 2.05) is 19.1 Å². The maximum absolute atomic E-state index is 13.0. The molecule has 5 nitrogen and oxygen atoms in total. The Labute approximate surface area is 204 Å². The van der Waals surface area contributed by atoms with Crippen LogP contribution in [0.2, 0.25) is 0 Å². The Balaban J connectivity index is 1.67. The summed E-state index contributed by atoms with van der Waals surface area (Å²) in [4.78, 5) is 19.9. The monoisotopic (exact) mass is 461 g/mol. The molecule has 1 aromatic carbocycles. The van der Waals surface area contributed by atoms with Crippen LogP contribution in [0.5, 0.6) is 0 Å². The molecule has 1 aliphatic rings. The normalized spacial score (nSPS) is 14.7. The lowest BCUT2D eigenvalue weighted by atomic mass is 9.99. The maximum Gasteiger partial charge on any atom is 0.163 e. The average molecular weight is 462 g/mol. The van der Waals surface area contributed by atoms with E-state index >= 15 is 0 Å². The number of aryl methyl sites for hydroxylation is 3. The predicted molar refractivity (Wildman–Crippen MR) is 142 cm³/mol. The molecule has 5 heteroatoms. The molecule has 0 spiro atoms. The molecular formula is C29H39N3O2. The molecule has 1 N–H and O–H groups in total. The molecule has 1 aliphatic heterocycles. The van der Waals surface area contributed by atoms with Crippen LogP contribution < -0.4 is 10.2 Å². The number of carbonyl (C=O) groups excluding carboxylic acids is 1. The van der Waals surface area contributed by atoms with Gasteiger partial charge < -0.3 is 15.0 Å². The Bertz CT molecular complexity index is 1110. The molecule has 3 rings (SSSR count). The lowest BCUT2D eigenvalue weighted by molar-refractivity contribution is 0.0980. The number of anilines is 2. The summed E-state index contributed by atoms with van der Waals surface area (Å²) in [6.07, 6.45) is 7.05. The molecule has 2 aromatic rings. The highest BCUT2D eigenvalue weighted by Gasteiger charge is 2.21. The van der Waals surface area contributed by atoms with Crippen molar-refractivity contribution in [2.45, 2.75) is 73.1 Å². The fraction of sp³-hybridized carbons (Fsp3) is 0.448. The molecule has 34 heavy (non-hydrogen) atoms. The SMILES string of the molecule is CCC/C(OC)=C(\CC)c1cc(C(=O)CCC/C=C2/Nc3cc(C)c(C)cc3N2C)cc(C)n1. The number of hydrogen-bond acceptors (Lipinski definition) is 5. The predicted octanol–water partition coefficient (Wildman–Crippen LogP) is 7.33. The van der Waals surface area contributed by atoms with E-state index in [9.17, 15) is 4.79 Å². The van der Waals surface area contributed by atoms with E-state index in [0.717, 1.165) is 71.9 Å². The molecule has 0 fully saturated rings. The van der Waals surface area contributed by atoms with E-state index in [1.165, 1.54) is 16.8 Å². The lowest BCUT2D eigenvalue weighted by Gasteiger charge is -2.14. The highest BCUT2D eigenvalue weighted by molar-refractivity contribution is 5.96. The summed E-state index contributed by atoms with van der Waals surface area (Å²) >= 11 is 0. The van der Waals surface area contributed by atoms with Crippen LogP contribution in [0.3, 0.4) is 0 Å². The van der Waals surface area contributed by atoms with Gasteiger partial charge in [-0.3, -0.25) is 9.78 Å². The van der Waals surface area contributed by atoms with Crippen LogP contribution in [0.25, 0.3) is 5.57 Å². The Kier molecular flexibility index (Phi) is 8.54. The number of allylic oxidation sites excluding steroid dienone is 3. The van der Waals surface area contributed by atoms with Crippen molar-refractivity contribution < 1.29 is 9.53 Å². The average Bonchev–Trinajstić information content (AvgIpc) is 3.10. The summed E-state index contributed by atoms with van der Waals surface area (Å²) in [5.41, 5.74) is 8.47. The minimum Gasteiger partial charge on any atom is -0.501 e. The molecule has 0 atom stereocenters. The Morgan fingerprint density at radius 2 is 1.82 bits per heavy atom. The second-order valence-corrected chi connectivity index (χ2v) is 9.13. The Morgan fingerprint density at radius 3 is 2.50 bits per heavy atom. The number of Topliss-reactive ketones (excluding diaryl/α,β-unsaturated/α-hetero) is 1. The summed E-state index contributed by atoms with van der Waals surface area (Å²) in [6, 6.07) is 8.26. The van der Waals surface area contributed by atoms with E-state index in [0.29, 0.717) is 6.42 Å². The van der Waals surface area contributed by atoms with E-state index in [4.69, 9.17) is 9.72 Å². The Morgan fingerprint density at radius 1 is 1.09 bits per heavy atom. The smallest absolute Gasteiger partial charge is 0.163 e. The first-order chi connectivity index (χ1) is 16.3. The van der Waals surface area contributed by atoms with Crippen molar-refractivity contribution in [1.29, 1.82) is 0 Å². The summed E-state index contributed by atoms with van der Waals surface area (Å²) < 4.78 is 5.65. The number of hydrogen-bond donors (Lipinski definition) is 1. The van der Waals surface area contributed by atoms with Gasteiger partial charge in [-0.1, -0.05) is 13.8 Å². The van der Waals surface area contributed by atoms with Crippen LogP contribution >= 0.6 is 0 Å². The van der Waals surface area contributed by atoms with Crippen LogP contribution in [-0.4, -0.2) is 24.9 Å². The van der Waals surface area contributed by atoms with Gasteiger partial charge in [-0.15, -0.1) is 0 Å². The molecule has 182 valence electrons. The second kappa shape index (κ2) is 11.4. The van der Waals surface area contributed by atoms with Gasteiger partial charge in [0, 0.05) is 36.7 Å². The van der Waals surface area contributed by atoms with Gasteiger partial charge in [-0.2, -0.15) is 0 Å². The zero-order chi connectivity index (χ0) is 24.8. The van der Waals surface area contributed by atoms with E-state index in [-0.39, 0.29) is 5.78 Å². The van der Waals surface area contributed by atoms with Gasteiger partial charge in [0.05, 0.1) is 24.2 Å². The Hall–Kier alpha value is -3.08. The van der Waals surface area contributed by atoms with Gasteiger partial charge >= 0.3 is 0 Å². The number of ether oxygens (including phenoxy) is 1. The summed E-state index contributed by atoms with van der Waals surface area (Å²) in [5, 5.41) is 3.51. The fourth-order valence-electron chi connectivity index (χ4n) is 4.47. The number of unbranched alkanes of at least 4 members (excludes halogenated alkanes) is 1. The number of nitrogens with one attached hydrogen (secondary N) is 1. The van der Waals surface area contributed by atoms with Gasteiger partial charge in [0.1, 0.15) is 11.6 Å². The number of aromatic nitrogens is 1. The number of methoxy groups -OCH3 is 1. The fourth-order valence-corrected chi connectivity index (χ4v) is 4.47. The topological polar surface area (TPSA) is 54.5 Å². The molecule has 0 bridgehead atoms. The number of ketones is 1. The first kappa shape index (κ1) is 25.5. The van der Waals surface area contributed by atoms with Crippen molar-refractivity contribution in [2.75, 3.05) is 24.4 Å². The molecule has 0 saturated carbocycles. The first-order valence-corrected chi connectivity index (χ1v) is 12.4. The van der Waals surface area contributed by atoms with Crippen LogP contribution in [0.1, 0.15) is 85.2 Å². The first-order valence-electron chi connectivity index (χ1n) is 12.4. The van der Waals surface area contributed by atoms with Crippen molar-refractivity contribution in [3.05, 3.63) is 70.0 Å². The second-order valence-electron chi connectivity index (χ2n) is 9.13. The van der Waals surface area contributed by atoms with Crippen LogP contribution in [0, 0.1) is 20.8 Å². The summed E-state index contributed by atoms with van der Waals surface area (Å²) in [5.74, 6) is 2.21. The van der Waals surface area contributed by atoms with Crippen LogP contribution in [0.4, 0.5) is 11.4 Å². The third kappa shape index (κ3) is 5.69. The third-order valence-electron chi connectivity index (χ3n) is 6.54. The van der Waals surface area contributed by atoms with Gasteiger partial charge in [-0.05, 0) is 87.9 Å². The van der Waals surface area contributed by atoms with Gasteiger partial charge in [0.2, 0.25) is 0 Å². The minimum atomic E-state index is 0.164. The number of carbonyl (C=O) groups is 1. The highest BCUT2D eigenvalue weighted by Crippen LogP contribution is 2.37. The van der Waals surface area contributed by atoms with Crippen molar-refractivity contribution in [1.82, 2.24) is 4.98 Å². The van der Waals surface area contributed by atoms with Gasteiger partial charge in [-0.25, -0.2) is 0 Å².